The summed E-state index contributed by atoms with van der Waals surface area (Å²) in [6.07, 6.45) is 8.88. The van der Waals surface area contributed by atoms with Crippen LogP contribution in [-0.2, 0) is 4.79 Å². The van der Waals surface area contributed by atoms with Crippen molar-refractivity contribution < 1.29 is 15.0 Å². The molecule has 2 N–H and O–H groups in total. The van der Waals surface area contributed by atoms with Crippen molar-refractivity contribution >= 4 is 5.97 Å². The van der Waals surface area contributed by atoms with Gasteiger partial charge in [0, 0.05) is 13.0 Å². The molecule has 0 spiro atoms. The van der Waals surface area contributed by atoms with E-state index >= 15 is 0 Å². The topological polar surface area (TPSA) is 57.5 Å². The molecule has 0 aliphatic heterocycles. The molecule has 0 saturated heterocycles. The first kappa shape index (κ1) is 15.4. The molecule has 0 aliphatic rings. The van der Waals surface area contributed by atoms with Gasteiger partial charge in [-0.1, -0.05) is 39.0 Å². The van der Waals surface area contributed by atoms with Gasteiger partial charge in [0.05, 0.1) is 0 Å². The number of hydrogen-bond acceptors (Lipinski definition) is 2. The minimum atomic E-state index is -0.707. The molecule has 0 rings (SSSR count). The zero-order valence-corrected chi connectivity index (χ0v) is 10.5. The van der Waals surface area contributed by atoms with E-state index in [1.807, 2.05) is 0 Å². The first-order valence-corrected chi connectivity index (χ1v) is 6.53. The summed E-state index contributed by atoms with van der Waals surface area (Å²) in [5.74, 6) is -0.280. The molecule has 0 radical (unpaired) electrons. The second-order valence-corrected chi connectivity index (χ2v) is 4.54. The number of aliphatic carboxylic acids is 1. The summed E-state index contributed by atoms with van der Waals surface area (Å²) in [5.41, 5.74) is 0. The molecule has 0 aliphatic carbocycles. The van der Waals surface area contributed by atoms with Gasteiger partial charge in [-0.05, 0) is 25.2 Å². The minimum Gasteiger partial charge on any atom is -0.481 e. The molecular formula is C13H26O3. The predicted molar refractivity (Wildman–Crippen MR) is 65.4 cm³/mol. The molecule has 0 aromatic heterocycles. The van der Waals surface area contributed by atoms with Gasteiger partial charge in [-0.25, -0.2) is 0 Å². The molecule has 0 bridgehead atoms. The van der Waals surface area contributed by atoms with E-state index in [1.54, 1.807) is 0 Å². The third-order valence-corrected chi connectivity index (χ3v) is 2.98. The highest BCUT2D eigenvalue weighted by molar-refractivity contribution is 5.66. The van der Waals surface area contributed by atoms with Crippen molar-refractivity contribution in [3.63, 3.8) is 0 Å². The fourth-order valence-electron chi connectivity index (χ4n) is 1.90. The number of unbranched alkanes of at least 4 members (excludes halogenated alkanes) is 4. The van der Waals surface area contributed by atoms with Crippen LogP contribution in [0.4, 0.5) is 0 Å². The maximum atomic E-state index is 10.3. The second-order valence-electron chi connectivity index (χ2n) is 4.54. The predicted octanol–water partition coefficient (Wildman–Crippen LogP) is 3.21. The van der Waals surface area contributed by atoms with Crippen LogP contribution in [0.5, 0.6) is 0 Å². The zero-order chi connectivity index (χ0) is 12.2. The third kappa shape index (κ3) is 9.97. The lowest BCUT2D eigenvalue weighted by Crippen LogP contribution is -2.06. The Kier molecular flexibility index (Phi) is 10.5. The number of carboxylic acids is 1. The Balaban J connectivity index is 3.36. The van der Waals surface area contributed by atoms with E-state index in [0.29, 0.717) is 5.92 Å². The summed E-state index contributed by atoms with van der Waals surface area (Å²) in [6, 6.07) is 0. The fourth-order valence-corrected chi connectivity index (χ4v) is 1.90. The summed E-state index contributed by atoms with van der Waals surface area (Å²) in [7, 11) is 0. The van der Waals surface area contributed by atoms with Crippen molar-refractivity contribution in [3.8, 4) is 0 Å². The van der Waals surface area contributed by atoms with Crippen molar-refractivity contribution in [3.05, 3.63) is 0 Å². The first-order chi connectivity index (χ1) is 7.70. The average molecular weight is 230 g/mol. The molecule has 0 aromatic carbocycles. The highest BCUT2D eigenvalue weighted by Gasteiger charge is 2.06. The van der Waals surface area contributed by atoms with Crippen LogP contribution in [0, 0.1) is 5.92 Å². The van der Waals surface area contributed by atoms with Crippen LogP contribution in [0.15, 0.2) is 0 Å². The van der Waals surface area contributed by atoms with Gasteiger partial charge >= 0.3 is 5.97 Å². The van der Waals surface area contributed by atoms with Crippen LogP contribution < -0.4 is 0 Å². The summed E-state index contributed by atoms with van der Waals surface area (Å²) in [4.78, 5) is 10.3. The van der Waals surface area contributed by atoms with Crippen molar-refractivity contribution in [1.29, 1.82) is 0 Å². The Morgan fingerprint density at radius 3 is 2.19 bits per heavy atom. The van der Waals surface area contributed by atoms with Gasteiger partial charge in [-0.3, -0.25) is 4.79 Å². The average Bonchev–Trinajstić information content (AvgIpc) is 2.26. The molecule has 3 nitrogen and oxygen atoms in total. The molecule has 0 heterocycles. The highest BCUT2D eigenvalue weighted by atomic mass is 16.4. The molecule has 1 atom stereocenters. The van der Waals surface area contributed by atoms with Crippen LogP contribution >= 0.6 is 0 Å². The minimum absolute atomic E-state index is 0.277. The summed E-state index contributed by atoms with van der Waals surface area (Å²) in [6.45, 7) is 2.46. The Hall–Kier alpha value is -0.570. The maximum Gasteiger partial charge on any atom is 0.303 e. The number of carbonyl (C=O) groups is 1. The smallest absolute Gasteiger partial charge is 0.303 e. The largest absolute Gasteiger partial charge is 0.481 e. The normalized spacial score (nSPS) is 12.6. The van der Waals surface area contributed by atoms with E-state index in [1.165, 1.54) is 19.3 Å². The number of rotatable bonds is 11. The SMILES string of the molecule is CCCCCC(CO)CCCCCC(=O)O. The van der Waals surface area contributed by atoms with Crippen molar-refractivity contribution in [2.75, 3.05) is 6.61 Å². The van der Waals surface area contributed by atoms with Gasteiger partial charge in [0.1, 0.15) is 0 Å². The van der Waals surface area contributed by atoms with Gasteiger partial charge in [-0.15, -0.1) is 0 Å². The molecule has 96 valence electrons. The quantitative estimate of drug-likeness (QED) is 0.536. The fraction of sp³-hybridized carbons (Fsp3) is 0.923. The van der Waals surface area contributed by atoms with Crippen LogP contribution in [0.1, 0.15) is 64.7 Å². The number of carboxylic acid groups (broad SMARTS) is 1. The summed E-state index contributed by atoms with van der Waals surface area (Å²) in [5, 5.41) is 17.6. The van der Waals surface area contributed by atoms with Crippen molar-refractivity contribution in [2.45, 2.75) is 64.7 Å². The molecule has 0 amide bonds. The number of aliphatic hydroxyl groups excluding tert-OH is 1. The first-order valence-electron chi connectivity index (χ1n) is 6.53. The molecule has 3 heteroatoms. The van der Waals surface area contributed by atoms with Gasteiger partial charge in [0.2, 0.25) is 0 Å². The Morgan fingerprint density at radius 1 is 1.06 bits per heavy atom. The molecule has 0 saturated carbocycles. The van der Waals surface area contributed by atoms with Crippen LogP contribution in [-0.4, -0.2) is 22.8 Å². The van der Waals surface area contributed by atoms with Crippen molar-refractivity contribution in [1.82, 2.24) is 0 Å². The van der Waals surface area contributed by atoms with E-state index in [0.717, 1.165) is 32.1 Å². The highest BCUT2D eigenvalue weighted by Crippen LogP contribution is 2.17. The van der Waals surface area contributed by atoms with Gasteiger partial charge < -0.3 is 10.2 Å². The lowest BCUT2D eigenvalue weighted by atomic mass is 9.95. The molecule has 1 unspecified atom stereocenters. The Morgan fingerprint density at radius 2 is 1.69 bits per heavy atom. The van der Waals surface area contributed by atoms with Crippen LogP contribution in [0.2, 0.25) is 0 Å². The summed E-state index contributed by atoms with van der Waals surface area (Å²) < 4.78 is 0. The molecule has 16 heavy (non-hydrogen) atoms. The molecule has 0 fully saturated rings. The molecule has 0 aromatic rings. The molecular weight excluding hydrogens is 204 g/mol. The van der Waals surface area contributed by atoms with E-state index in [2.05, 4.69) is 6.92 Å². The van der Waals surface area contributed by atoms with Crippen LogP contribution in [0.3, 0.4) is 0 Å². The second kappa shape index (κ2) is 10.9. The number of aliphatic hydroxyl groups is 1. The Bertz CT molecular complexity index is 169. The standard InChI is InChI=1S/C13H26O3/c1-2-3-5-8-12(11-14)9-6-4-7-10-13(15)16/h12,14H,2-11H2,1H3,(H,15,16). The van der Waals surface area contributed by atoms with E-state index < -0.39 is 5.97 Å². The van der Waals surface area contributed by atoms with Gasteiger partial charge in [-0.2, -0.15) is 0 Å². The Labute approximate surface area is 98.9 Å². The van der Waals surface area contributed by atoms with Crippen LogP contribution in [0.25, 0.3) is 0 Å². The maximum absolute atomic E-state index is 10.3. The van der Waals surface area contributed by atoms with E-state index in [4.69, 9.17) is 5.11 Å². The van der Waals surface area contributed by atoms with E-state index in [-0.39, 0.29) is 13.0 Å². The summed E-state index contributed by atoms with van der Waals surface area (Å²) >= 11 is 0. The van der Waals surface area contributed by atoms with Crippen molar-refractivity contribution in [2.24, 2.45) is 5.92 Å². The third-order valence-electron chi connectivity index (χ3n) is 2.98. The lowest BCUT2D eigenvalue weighted by Gasteiger charge is -2.13. The van der Waals surface area contributed by atoms with E-state index in [9.17, 15) is 9.90 Å². The van der Waals surface area contributed by atoms with Gasteiger partial charge in [0.15, 0.2) is 0 Å². The zero-order valence-electron chi connectivity index (χ0n) is 10.5. The van der Waals surface area contributed by atoms with Gasteiger partial charge in [0.25, 0.3) is 0 Å². The lowest BCUT2D eigenvalue weighted by molar-refractivity contribution is -0.137. The number of hydrogen-bond donors (Lipinski definition) is 2. The monoisotopic (exact) mass is 230 g/mol.